The molecule has 1 amide bonds. The maximum absolute atomic E-state index is 12.2. The minimum absolute atomic E-state index is 0.00118. The molecule has 0 aliphatic carbocycles. The first kappa shape index (κ1) is 20.6. The number of hydrogen-bond donors (Lipinski definition) is 2. The third-order valence-electron chi connectivity index (χ3n) is 4.38. The van der Waals surface area contributed by atoms with Crippen molar-refractivity contribution in [2.45, 2.75) is 58.9 Å². The summed E-state index contributed by atoms with van der Waals surface area (Å²) in [7, 11) is -0.477. The minimum Gasteiger partial charge on any atom is -0.413 e. The molecule has 3 atom stereocenters. The standard InChI is InChI=1S/C15H33NO4Si/c1-11(9-17)13(12(2)14(18)16-10-19-6)20-21(7,8)15(3,4)5/h11-13,17H,9-10H2,1-8H3,(H,16,18)/t11-,12?,13-/m0/s1. The van der Waals surface area contributed by atoms with Gasteiger partial charge in [-0.15, -0.1) is 0 Å². The number of amides is 1. The fraction of sp³-hybridized carbons (Fsp3) is 0.933. The Hall–Kier alpha value is -0.433. The fourth-order valence-electron chi connectivity index (χ4n) is 1.79. The Kier molecular flexibility index (Phi) is 8.10. The second-order valence-corrected chi connectivity index (χ2v) is 12.0. The van der Waals surface area contributed by atoms with Crippen LogP contribution in [0.5, 0.6) is 0 Å². The zero-order chi connectivity index (χ0) is 16.8. The summed E-state index contributed by atoms with van der Waals surface area (Å²) in [6.07, 6.45) is -0.298. The van der Waals surface area contributed by atoms with Gasteiger partial charge in [-0.2, -0.15) is 0 Å². The quantitative estimate of drug-likeness (QED) is 0.532. The zero-order valence-corrected chi connectivity index (χ0v) is 15.8. The molecule has 0 bridgehead atoms. The van der Waals surface area contributed by atoms with Gasteiger partial charge in [0.1, 0.15) is 6.73 Å². The molecular weight excluding hydrogens is 286 g/mol. The van der Waals surface area contributed by atoms with Gasteiger partial charge in [-0.25, -0.2) is 0 Å². The number of aliphatic hydroxyl groups is 1. The van der Waals surface area contributed by atoms with Gasteiger partial charge in [0, 0.05) is 19.6 Å². The molecule has 2 N–H and O–H groups in total. The van der Waals surface area contributed by atoms with Crippen molar-refractivity contribution in [3.63, 3.8) is 0 Å². The SMILES string of the molecule is COCNC(=O)C(C)[C@@H](O[Si](C)(C)C(C)(C)C)[C@@H](C)CO. The summed E-state index contributed by atoms with van der Waals surface area (Å²) in [6, 6.07) is 0. The molecule has 0 aliphatic heterocycles. The lowest BCUT2D eigenvalue weighted by atomic mass is 9.93. The first-order chi connectivity index (χ1) is 9.47. The highest BCUT2D eigenvalue weighted by molar-refractivity contribution is 6.74. The number of rotatable bonds is 8. The second kappa shape index (κ2) is 8.27. The van der Waals surface area contributed by atoms with Crippen LogP contribution in [0, 0.1) is 11.8 Å². The number of hydrogen-bond acceptors (Lipinski definition) is 4. The first-order valence-corrected chi connectivity index (χ1v) is 10.4. The molecule has 0 rings (SSSR count). The van der Waals surface area contributed by atoms with Crippen molar-refractivity contribution in [2.75, 3.05) is 20.4 Å². The van der Waals surface area contributed by atoms with E-state index in [0.29, 0.717) is 0 Å². The van der Waals surface area contributed by atoms with Gasteiger partial charge in [0.15, 0.2) is 8.32 Å². The molecule has 0 aromatic carbocycles. The zero-order valence-electron chi connectivity index (χ0n) is 14.8. The van der Waals surface area contributed by atoms with Gasteiger partial charge >= 0.3 is 0 Å². The van der Waals surface area contributed by atoms with E-state index in [-0.39, 0.29) is 42.2 Å². The van der Waals surface area contributed by atoms with Gasteiger partial charge < -0.3 is 19.6 Å². The molecule has 0 fully saturated rings. The van der Waals surface area contributed by atoms with Crippen LogP contribution in [0.2, 0.25) is 18.1 Å². The van der Waals surface area contributed by atoms with E-state index in [9.17, 15) is 9.90 Å². The third-order valence-corrected chi connectivity index (χ3v) is 8.86. The van der Waals surface area contributed by atoms with E-state index >= 15 is 0 Å². The van der Waals surface area contributed by atoms with Gasteiger partial charge in [-0.3, -0.25) is 4.79 Å². The molecule has 1 unspecified atom stereocenters. The van der Waals surface area contributed by atoms with Crippen molar-refractivity contribution in [3.05, 3.63) is 0 Å². The van der Waals surface area contributed by atoms with Crippen LogP contribution >= 0.6 is 0 Å². The molecule has 0 aliphatic rings. The molecular formula is C15H33NO4Si. The van der Waals surface area contributed by atoms with Crippen LogP contribution in [0.25, 0.3) is 0 Å². The van der Waals surface area contributed by atoms with E-state index in [1.165, 1.54) is 7.11 Å². The van der Waals surface area contributed by atoms with Gasteiger partial charge in [-0.05, 0) is 18.1 Å². The lowest BCUT2D eigenvalue weighted by Gasteiger charge is -2.42. The largest absolute Gasteiger partial charge is 0.413 e. The first-order valence-electron chi connectivity index (χ1n) is 7.53. The molecule has 5 nitrogen and oxygen atoms in total. The Morgan fingerprint density at radius 1 is 1.29 bits per heavy atom. The molecule has 0 aromatic rings. The molecule has 126 valence electrons. The maximum atomic E-state index is 12.2. The highest BCUT2D eigenvalue weighted by atomic mass is 28.4. The van der Waals surface area contributed by atoms with Crippen molar-refractivity contribution < 1.29 is 19.1 Å². The van der Waals surface area contributed by atoms with Gasteiger partial charge in [0.2, 0.25) is 5.91 Å². The Morgan fingerprint density at radius 2 is 1.81 bits per heavy atom. The highest BCUT2D eigenvalue weighted by Crippen LogP contribution is 2.39. The Bertz CT molecular complexity index is 328. The highest BCUT2D eigenvalue weighted by Gasteiger charge is 2.42. The van der Waals surface area contributed by atoms with Gasteiger partial charge in [-0.1, -0.05) is 34.6 Å². The molecule has 21 heavy (non-hydrogen) atoms. The average Bonchev–Trinajstić information content (AvgIpc) is 2.39. The fourth-order valence-corrected chi connectivity index (χ4v) is 3.26. The minimum atomic E-state index is -2.01. The normalized spacial score (nSPS) is 17.2. The molecule has 0 radical (unpaired) electrons. The molecule has 0 heterocycles. The van der Waals surface area contributed by atoms with Crippen LogP contribution in [0.1, 0.15) is 34.6 Å². The predicted molar refractivity (Wildman–Crippen MR) is 87.5 cm³/mol. The molecule has 0 aromatic heterocycles. The summed E-state index contributed by atoms with van der Waals surface area (Å²) in [5.74, 6) is -0.542. The van der Waals surface area contributed by atoms with Gasteiger partial charge in [0.05, 0.1) is 12.0 Å². The smallest absolute Gasteiger partial charge is 0.227 e. The predicted octanol–water partition coefficient (Wildman–Crippen LogP) is 2.36. The van der Waals surface area contributed by atoms with Crippen LogP contribution in [0.15, 0.2) is 0 Å². The van der Waals surface area contributed by atoms with Crippen LogP contribution in [-0.2, 0) is 14.0 Å². The summed E-state index contributed by atoms with van der Waals surface area (Å²) in [4.78, 5) is 12.2. The molecule has 0 saturated heterocycles. The number of ether oxygens (including phenoxy) is 1. The summed E-state index contributed by atoms with van der Waals surface area (Å²) < 4.78 is 11.3. The number of carbonyl (C=O) groups is 1. The summed E-state index contributed by atoms with van der Waals surface area (Å²) in [5.41, 5.74) is 0. The monoisotopic (exact) mass is 319 g/mol. The van der Waals surface area contributed by atoms with Crippen molar-refractivity contribution >= 4 is 14.2 Å². The van der Waals surface area contributed by atoms with E-state index in [2.05, 4.69) is 39.2 Å². The lowest BCUT2D eigenvalue weighted by Crippen LogP contribution is -2.50. The maximum Gasteiger partial charge on any atom is 0.227 e. The number of carbonyl (C=O) groups excluding carboxylic acids is 1. The van der Waals surface area contributed by atoms with E-state index < -0.39 is 8.32 Å². The van der Waals surface area contributed by atoms with Crippen molar-refractivity contribution in [1.29, 1.82) is 0 Å². The van der Waals surface area contributed by atoms with Crippen LogP contribution in [-0.4, -0.2) is 45.9 Å². The van der Waals surface area contributed by atoms with Crippen LogP contribution in [0.3, 0.4) is 0 Å². The summed E-state index contributed by atoms with van der Waals surface area (Å²) in [5, 5.41) is 12.3. The van der Waals surface area contributed by atoms with E-state index in [0.717, 1.165) is 0 Å². The Labute approximate surface area is 130 Å². The van der Waals surface area contributed by atoms with E-state index in [1.54, 1.807) is 0 Å². The van der Waals surface area contributed by atoms with Crippen LogP contribution < -0.4 is 5.32 Å². The summed E-state index contributed by atoms with van der Waals surface area (Å²) >= 11 is 0. The second-order valence-electron chi connectivity index (χ2n) is 7.27. The molecule has 0 spiro atoms. The number of methoxy groups -OCH3 is 1. The van der Waals surface area contributed by atoms with E-state index in [1.807, 2.05) is 13.8 Å². The van der Waals surface area contributed by atoms with Crippen LogP contribution in [0.4, 0.5) is 0 Å². The summed E-state index contributed by atoms with van der Waals surface area (Å²) in [6.45, 7) is 14.7. The topological polar surface area (TPSA) is 67.8 Å². The Balaban J connectivity index is 5.09. The molecule has 6 heteroatoms. The molecule has 0 saturated carbocycles. The van der Waals surface area contributed by atoms with Crippen molar-refractivity contribution in [2.24, 2.45) is 11.8 Å². The average molecular weight is 320 g/mol. The number of nitrogens with one attached hydrogen (secondary N) is 1. The van der Waals surface area contributed by atoms with Gasteiger partial charge in [0.25, 0.3) is 0 Å². The van der Waals surface area contributed by atoms with Crippen molar-refractivity contribution in [3.8, 4) is 0 Å². The third kappa shape index (κ3) is 6.06. The lowest BCUT2D eigenvalue weighted by molar-refractivity contribution is -0.130. The number of aliphatic hydroxyl groups excluding tert-OH is 1. The van der Waals surface area contributed by atoms with Crippen molar-refractivity contribution in [1.82, 2.24) is 5.32 Å². The van der Waals surface area contributed by atoms with E-state index in [4.69, 9.17) is 9.16 Å². The Morgan fingerprint density at radius 3 is 2.19 bits per heavy atom.